The molecule has 34 heavy (non-hydrogen) atoms. The van der Waals surface area contributed by atoms with Gasteiger partial charge >= 0.3 is 11.9 Å². The van der Waals surface area contributed by atoms with E-state index >= 15 is 0 Å². The summed E-state index contributed by atoms with van der Waals surface area (Å²) in [5.74, 6) is 8.42. The van der Waals surface area contributed by atoms with Crippen molar-refractivity contribution in [1.82, 2.24) is 0 Å². The van der Waals surface area contributed by atoms with E-state index in [0.29, 0.717) is 0 Å². The van der Waals surface area contributed by atoms with Crippen LogP contribution >= 0.6 is 0 Å². The van der Waals surface area contributed by atoms with E-state index in [9.17, 15) is 9.59 Å². The van der Waals surface area contributed by atoms with Crippen LogP contribution in [0.5, 0.6) is 0 Å². The molecule has 1 aromatic carbocycles. The summed E-state index contributed by atoms with van der Waals surface area (Å²) in [6.07, 6.45) is -4.09. The minimum atomic E-state index is -0.833. The molecule has 0 N–H and O–H groups in total. The van der Waals surface area contributed by atoms with Crippen molar-refractivity contribution in [3.8, 4) is 23.7 Å². The molecule has 2 heterocycles. The summed E-state index contributed by atoms with van der Waals surface area (Å²) in [6.45, 7) is 0.00663. The molecule has 0 radical (unpaired) electrons. The summed E-state index contributed by atoms with van der Waals surface area (Å²) in [4.78, 5) is 22.5. The first-order valence-corrected chi connectivity index (χ1v) is 10.4. The van der Waals surface area contributed by atoms with Crippen LogP contribution in [0.4, 0.5) is 0 Å². The van der Waals surface area contributed by atoms with Gasteiger partial charge in [-0.15, -0.1) is 0 Å². The Bertz CT molecular complexity index is 941. The number of hydrogen-bond acceptors (Lipinski definition) is 10. The largest absolute Gasteiger partial charge is 0.459 e. The SMILES string of the molecule is COC(=O)C#CCO[C@@H]1[C@@H](OCC#CC(=O)OC)[C@@H](OC)O[C@@H]2COC(c3ccccc3)O[C@@H]12. The van der Waals surface area contributed by atoms with E-state index in [0.717, 1.165) is 5.56 Å². The summed E-state index contributed by atoms with van der Waals surface area (Å²) in [5.41, 5.74) is 0.834. The second-order valence-corrected chi connectivity index (χ2v) is 7.09. The standard InChI is InChI=1S/C24H26O10/c1-27-18(25)11-7-13-30-21-20-17(15-32-23(34-20)16-9-5-4-6-10-16)33-24(29-3)22(21)31-14-8-12-19(26)28-2/h4-6,9-10,17,20-24H,13-15H2,1-3H3/t17-,20-,21+,22-,23?,24+/m1/s1. The molecule has 2 aliphatic rings. The van der Waals surface area contributed by atoms with Crippen LogP contribution in [0.2, 0.25) is 0 Å². The maximum Gasteiger partial charge on any atom is 0.384 e. The Labute approximate surface area is 197 Å². The fourth-order valence-electron chi connectivity index (χ4n) is 3.48. The highest BCUT2D eigenvalue weighted by molar-refractivity contribution is 5.88. The molecular weight excluding hydrogens is 448 g/mol. The Morgan fingerprint density at radius 2 is 1.53 bits per heavy atom. The van der Waals surface area contributed by atoms with Crippen molar-refractivity contribution in [2.45, 2.75) is 37.0 Å². The first-order chi connectivity index (χ1) is 16.6. The molecule has 10 heteroatoms. The molecule has 2 saturated heterocycles. The molecule has 0 aromatic heterocycles. The molecule has 3 rings (SSSR count). The summed E-state index contributed by atoms with van der Waals surface area (Å²) in [5, 5.41) is 0. The maximum atomic E-state index is 11.3. The van der Waals surface area contributed by atoms with Crippen molar-refractivity contribution in [3.05, 3.63) is 35.9 Å². The van der Waals surface area contributed by atoms with Crippen molar-refractivity contribution >= 4 is 11.9 Å². The van der Waals surface area contributed by atoms with Gasteiger partial charge in [-0.1, -0.05) is 42.2 Å². The molecule has 1 unspecified atom stereocenters. The molecule has 2 aliphatic heterocycles. The van der Waals surface area contributed by atoms with Gasteiger partial charge in [-0.05, 0) is 0 Å². The number of esters is 2. The molecule has 0 amide bonds. The second kappa shape index (κ2) is 13.1. The molecule has 182 valence electrons. The number of hydrogen-bond donors (Lipinski definition) is 0. The van der Waals surface area contributed by atoms with Crippen molar-refractivity contribution < 1.29 is 47.5 Å². The van der Waals surface area contributed by atoms with Gasteiger partial charge in [0, 0.05) is 24.5 Å². The third-order valence-electron chi connectivity index (χ3n) is 5.04. The number of rotatable bonds is 6. The molecular formula is C24H26O10. The van der Waals surface area contributed by atoms with Gasteiger partial charge in [-0.25, -0.2) is 9.59 Å². The zero-order valence-electron chi connectivity index (χ0n) is 19.1. The van der Waals surface area contributed by atoms with Gasteiger partial charge in [0.15, 0.2) is 12.6 Å². The summed E-state index contributed by atoms with van der Waals surface area (Å²) < 4.78 is 44.4. The Hall–Kier alpha value is -2.96. The third-order valence-corrected chi connectivity index (χ3v) is 5.04. The lowest BCUT2D eigenvalue weighted by molar-refractivity contribution is -0.365. The molecule has 6 atom stereocenters. The minimum absolute atomic E-state index is 0.104. The van der Waals surface area contributed by atoms with Crippen molar-refractivity contribution in [2.75, 3.05) is 41.2 Å². The Morgan fingerprint density at radius 3 is 2.12 bits per heavy atom. The van der Waals surface area contributed by atoms with Crippen LogP contribution in [-0.4, -0.2) is 83.8 Å². The van der Waals surface area contributed by atoms with Gasteiger partial charge < -0.3 is 37.9 Å². The van der Waals surface area contributed by atoms with E-state index in [-0.39, 0.29) is 19.8 Å². The van der Waals surface area contributed by atoms with Crippen molar-refractivity contribution in [3.63, 3.8) is 0 Å². The van der Waals surface area contributed by atoms with Crippen molar-refractivity contribution in [1.29, 1.82) is 0 Å². The van der Waals surface area contributed by atoms with Crippen LogP contribution in [0.1, 0.15) is 11.9 Å². The summed E-state index contributed by atoms with van der Waals surface area (Å²) in [7, 11) is 3.94. The van der Waals surface area contributed by atoms with Gasteiger partial charge in [0.25, 0.3) is 0 Å². The predicted molar refractivity (Wildman–Crippen MR) is 115 cm³/mol. The van der Waals surface area contributed by atoms with Crippen LogP contribution in [-0.2, 0) is 47.5 Å². The molecule has 0 saturated carbocycles. The second-order valence-electron chi connectivity index (χ2n) is 7.09. The van der Waals surface area contributed by atoms with Gasteiger partial charge in [0.2, 0.25) is 0 Å². The zero-order chi connectivity index (χ0) is 24.3. The van der Waals surface area contributed by atoms with E-state index in [1.807, 2.05) is 30.3 Å². The normalized spacial score (nSPS) is 27.7. The number of benzene rings is 1. The molecule has 2 fully saturated rings. The molecule has 0 aliphatic carbocycles. The number of carbonyl (C=O) groups is 2. The number of carbonyl (C=O) groups excluding carboxylic acids is 2. The average molecular weight is 474 g/mol. The van der Waals surface area contributed by atoms with Crippen LogP contribution < -0.4 is 0 Å². The lowest BCUT2D eigenvalue weighted by atomic mass is 9.97. The monoisotopic (exact) mass is 474 g/mol. The quantitative estimate of drug-likeness (QED) is 0.330. The topological polar surface area (TPSA) is 108 Å². The van der Waals surface area contributed by atoms with E-state index < -0.39 is 48.9 Å². The van der Waals surface area contributed by atoms with Crippen LogP contribution in [0.15, 0.2) is 30.3 Å². The smallest absolute Gasteiger partial charge is 0.384 e. The lowest BCUT2D eigenvalue weighted by Crippen LogP contribution is -2.63. The third kappa shape index (κ3) is 6.78. The minimum Gasteiger partial charge on any atom is -0.459 e. The predicted octanol–water partition coefficient (Wildman–Crippen LogP) is 0.595. The average Bonchev–Trinajstić information content (AvgIpc) is 2.88. The highest BCUT2D eigenvalue weighted by Gasteiger charge is 2.51. The number of ether oxygens (including phenoxy) is 8. The van der Waals surface area contributed by atoms with Gasteiger partial charge in [0.05, 0.1) is 20.8 Å². The zero-order valence-corrected chi connectivity index (χ0v) is 19.1. The fraction of sp³-hybridized carbons (Fsp3) is 0.500. The van der Waals surface area contributed by atoms with Crippen LogP contribution in [0.25, 0.3) is 0 Å². The Kier molecular flexibility index (Phi) is 9.86. The Morgan fingerprint density at radius 1 is 0.912 bits per heavy atom. The molecule has 10 nitrogen and oxygen atoms in total. The van der Waals surface area contributed by atoms with E-state index in [2.05, 4.69) is 33.2 Å². The van der Waals surface area contributed by atoms with E-state index in [4.69, 9.17) is 28.4 Å². The van der Waals surface area contributed by atoms with E-state index in [1.54, 1.807) is 0 Å². The Balaban J connectivity index is 1.80. The molecule has 0 bridgehead atoms. The van der Waals surface area contributed by atoms with Gasteiger partial charge in [-0.2, -0.15) is 0 Å². The lowest BCUT2D eigenvalue weighted by Gasteiger charge is -2.48. The van der Waals surface area contributed by atoms with Crippen LogP contribution in [0, 0.1) is 23.7 Å². The summed E-state index contributed by atoms with van der Waals surface area (Å²) in [6, 6.07) is 9.44. The first-order valence-electron chi connectivity index (χ1n) is 10.4. The highest BCUT2D eigenvalue weighted by atomic mass is 16.8. The fourth-order valence-corrected chi connectivity index (χ4v) is 3.48. The number of methoxy groups -OCH3 is 3. The number of fused-ring (bicyclic) bond motifs is 1. The molecule has 0 spiro atoms. The van der Waals surface area contributed by atoms with Crippen LogP contribution in [0.3, 0.4) is 0 Å². The maximum absolute atomic E-state index is 11.3. The van der Waals surface area contributed by atoms with E-state index in [1.165, 1.54) is 21.3 Å². The first kappa shape index (κ1) is 25.7. The molecule has 1 aromatic rings. The van der Waals surface area contributed by atoms with Crippen molar-refractivity contribution in [2.24, 2.45) is 0 Å². The highest BCUT2D eigenvalue weighted by Crippen LogP contribution is 2.36. The van der Waals surface area contributed by atoms with Gasteiger partial charge in [0.1, 0.15) is 37.6 Å². The summed E-state index contributed by atoms with van der Waals surface area (Å²) >= 11 is 0. The van der Waals surface area contributed by atoms with Gasteiger partial charge in [-0.3, -0.25) is 0 Å².